The molecule has 1 fully saturated rings. The molecule has 0 aromatic heterocycles. The highest BCUT2D eigenvalue weighted by molar-refractivity contribution is 5.94. The topological polar surface area (TPSA) is 41.6 Å². The molecule has 0 spiro atoms. The number of benzene rings is 2. The van der Waals surface area contributed by atoms with E-state index in [1.54, 1.807) is 13.2 Å². The fraction of sp³-hybridized carbons (Fsp3) is 0.400. The fourth-order valence-corrected chi connectivity index (χ4v) is 4.00. The van der Waals surface area contributed by atoms with Crippen molar-refractivity contribution in [2.45, 2.75) is 39.2 Å². The zero-order valence-corrected chi connectivity index (χ0v) is 17.8. The summed E-state index contributed by atoms with van der Waals surface area (Å²) in [6.07, 6.45) is 5.05. The number of anilines is 1. The van der Waals surface area contributed by atoms with Crippen LogP contribution in [0, 0.1) is 5.92 Å². The van der Waals surface area contributed by atoms with Crippen molar-refractivity contribution in [2.75, 3.05) is 25.1 Å². The van der Waals surface area contributed by atoms with Crippen LogP contribution in [-0.2, 0) is 6.42 Å². The van der Waals surface area contributed by atoms with Crippen molar-refractivity contribution in [1.82, 2.24) is 5.32 Å². The molecule has 0 bridgehead atoms. The molecule has 1 N–H and O–H groups in total. The number of allylic oxidation sites excluding steroid dienone is 1. The second kappa shape index (κ2) is 9.64. The van der Waals surface area contributed by atoms with Gasteiger partial charge in [0.1, 0.15) is 5.75 Å². The van der Waals surface area contributed by atoms with Gasteiger partial charge in [0.05, 0.1) is 13.2 Å². The monoisotopic (exact) mass is 392 g/mol. The highest BCUT2D eigenvalue weighted by atomic mass is 16.5. The first-order valence-corrected chi connectivity index (χ1v) is 10.5. The van der Waals surface area contributed by atoms with Gasteiger partial charge in [0.25, 0.3) is 5.91 Å². The first-order valence-electron chi connectivity index (χ1n) is 10.5. The number of nitrogens with zero attached hydrogens (tertiary/aromatic N) is 1. The largest absolute Gasteiger partial charge is 0.496 e. The summed E-state index contributed by atoms with van der Waals surface area (Å²) in [4.78, 5) is 15.2. The maximum Gasteiger partial charge on any atom is 0.251 e. The van der Waals surface area contributed by atoms with Crippen molar-refractivity contribution in [3.63, 3.8) is 0 Å². The van der Waals surface area contributed by atoms with Gasteiger partial charge >= 0.3 is 0 Å². The molecule has 2 atom stereocenters. The quantitative estimate of drug-likeness (QED) is 0.663. The van der Waals surface area contributed by atoms with E-state index in [1.165, 1.54) is 18.5 Å². The minimum absolute atomic E-state index is 0.0678. The number of piperidine rings is 1. The molecular weight excluding hydrogens is 360 g/mol. The molecule has 3 rings (SSSR count). The van der Waals surface area contributed by atoms with E-state index in [0.717, 1.165) is 35.9 Å². The Bertz CT molecular complexity index is 844. The third-order valence-corrected chi connectivity index (χ3v) is 5.67. The number of ether oxygens (including phenoxy) is 1. The molecule has 0 unspecified atom stereocenters. The Kier molecular flexibility index (Phi) is 6.97. The molecular formula is C25H32N2O2. The molecule has 4 heteroatoms. The Morgan fingerprint density at radius 3 is 2.72 bits per heavy atom. The smallest absolute Gasteiger partial charge is 0.251 e. The highest BCUT2D eigenvalue weighted by Gasteiger charge is 2.17. The normalized spacial score (nSPS) is 17.5. The lowest BCUT2D eigenvalue weighted by atomic mass is 9.99. The predicted molar refractivity (Wildman–Crippen MR) is 120 cm³/mol. The molecule has 29 heavy (non-hydrogen) atoms. The number of hydrogen-bond donors (Lipinski definition) is 1. The van der Waals surface area contributed by atoms with E-state index in [-0.39, 0.29) is 11.9 Å². The van der Waals surface area contributed by atoms with Gasteiger partial charge in [-0.05, 0) is 73.6 Å². The molecule has 0 radical (unpaired) electrons. The van der Waals surface area contributed by atoms with Crippen LogP contribution in [-0.4, -0.2) is 26.1 Å². The van der Waals surface area contributed by atoms with Gasteiger partial charge in [-0.2, -0.15) is 0 Å². The number of amides is 1. The summed E-state index contributed by atoms with van der Waals surface area (Å²) in [5, 5.41) is 3.11. The average Bonchev–Trinajstić information content (AvgIpc) is 2.74. The average molecular weight is 393 g/mol. The minimum Gasteiger partial charge on any atom is -0.496 e. The Balaban J connectivity index is 1.66. The molecule has 4 nitrogen and oxygen atoms in total. The van der Waals surface area contributed by atoms with Gasteiger partial charge in [-0.15, -0.1) is 6.58 Å². The Morgan fingerprint density at radius 2 is 2.07 bits per heavy atom. The molecule has 1 aliphatic rings. The van der Waals surface area contributed by atoms with Crippen molar-refractivity contribution < 1.29 is 9.53 Å². The molecule has 1 heterocycles. The van der Waals surface area contributed by atoms with Gasteiger partial charge in [-0.3, -0.25) is 4.79 Å². The third kappa shape index (κ3) is 5.20. The van der Waals surface area contributed by atoms with Crippen LogP contribution in [0.25, 0.3) is 0 Å². The van der Waals surface area contributed by atoms with Crippen LogP contribution in [0.15, 0.2) is 55.1 Å². The van der Waals surface area contributed by atoms with E-state index in [2.05, 4.69) is 48.0 Å². The Morgan fingerprint density at radius 1 is 1.31 bits per heavy atom. The second-order valence-electron chi connectivity index (χ2n) is 8.00. The molecule has 1 aliphatic heterocycles. The van der Waals surface area contributed by atoms with Crippen LogP contribution in [0.1, 0.15) is 54.2 Å². The lowest BCUT2D eigenvalue weighted by Crippen LogP contribution is -2.34. The van der Waals surface area contributed by atoms with E-state index < -0.39 is 0 Å². The van der Waals surface area contributed by atoms with Crippen molar-refractivity contribution in [1.29, 1.82) is 0 Å². The molecule has 154 valence electrons. The Labute approximate surface area is 174 Å². The van der Waals surface area contributed by atoms with Crippen molar-refractivity contribution >= 4 is 11.6 Å². The number of rotatable bonds is 7. The predicted octanol–water partition coefficient (Wildman–Crippen LogP) is 5.15. The Hall–Kier alpha value is -2.75. The maximum atomic E-state index is 12.7. The van der Waals surface area contributed by atoms with Gasteiger partial charge < -0.3 is 15.0 Å². The van der Waals surface area contributed by atoms with Crippen LogP contribution in [0.4, 0.5) is 5.69 Å². The number of hydrogen-bond acceptors (Lipinski definition) is 3. The van der Waals surface area contributed by atoms with Crippen molar-refractivity contribution in [3.8, 4) is 5.75 Å². The van der Waals surface area contributed by atoms with E-state index in [1.807, 2.05) is 25.1 Å². The molecule has 1 amide bonds. The summed E-state index contributed by atoms with van der Waals surface area (Å²) in [5.41, 5.74) is 3.96. The highest BCUT2D eigenvalue weighted by Crippen LogP contribution is 2.25. The second-order valence-corrected chi connectivity index (χ2v) is 8.00. The molecule has 0 saturated carbocycles. The fourth-order valence-electron chi connectivity index (χ4n) is 4.00. The lowest BCUT2D eigenvalue weighted by molar-refractivity contribution is 0.0939. The van der Waals surface area contributed by atoms with E-state index in [0.29, 0.717) is 12.0 Å². The third-order valence-electron chi connectivity index (χ3n) is 5.67. The molecule has 2 aromatic carbocycles. The maximum absolute atomic E-state index is 12.7. The van der Waals surface area contributed by atoms with Gasteiger partial charge in [0, 0.05) is 24.3 Å². The summed E-state index contributed by atoms with van der Waals surface area (Å²) in [5.74, 6) is 1.44. The minimum atomic E-state index is -0.0839. The van der Waals surface area contributed by atoms with Crippen molar-refractivity contribution in [2.24, 2.45) is 5.92 Å². The summed E-state index contributed by atoms with van der Waals surface area (Å²) in [7, 11) is 1.64. The van der Waals surface area contributed by atoms with Gasteiger partial charge in [0.15, 0.2) is 0 Å². The molecule has 0 aliphatic carbocycles. The van der Waals surface area contributed by atoms with E-state index in [9.17, 15) is 4.79 Å². The van der Waals surface area contributed by atoms with Crippen LogP contribution in [0.5, 0.6) is 5.75 Å². The molecule has 1 saturated heterocycles. The van der Waals surface area contributed by atoms with Crippen LogP contribution < -0.4 is 15.0 Å². The van der Waals surface area contributed by atoms with Gasteiger partial charge in [-0.1, -0.05) is 25.1 Å². The summed E-state index contributed by atoms with van der Waals surface area (Å²) < 4.78 is 5.37. The number of carbonyl (C=O) groups excluding carboxylic acids is 1. The summed E-state index contributed by atoms with van der Waals surface area (Å²) in [6, 6.07) is 14.0. The van der Waals surface area contributed by atoms with E-state index in [4.69, 9.17) is 4.74 Å². The zero-order valence-electron chi connectivity index (χ0n) is 17.8. The number of methoxy groups -OCH3 is 1. The molecule has 2 aromatic rings. The van der Waals surface area contributed by atoms with Crippen LogP contribution in [0.2, 0.25) is 0 Å². The first kappa shape index (κ1) is 21.0. The van der Waals surface area contributed by atoms with Crippen molar-refractivity contribution in [3.05, 3.63) is 71.8 Å². The standard InChI is InChI=1S/C25H32N2O2/c1-5-7-21-16-22(11-14-24(21)29-4)25(28)26-19(3)20-9-12-23(13-10-20)27-15-6-8-18(2)17-27/h5,9-14,16,18-19H,1,6-8,15,17H2,2-4H3,(H,26,28)/t18-,19-/m0/s1. The van der Waals surface area contributed by atoms with Crippen LogP contribution >= 0.6 is 0 Å². The van der Waals surface area contributed by atoms with Crippen LogP contribution in [0.3, 0.4) is 0 Å². The van der Waals surface area contributed by atoms with E-state index >= 15 is 0 Å². The summed E-state index contributed by atoms with van der Waals surface area (Å²) in [6.45, 7) is 10.4. The summed E-state index contributed by atoms with van der Waals surface area (Å²) >= 11 is 0. The first-order chi connectivity index (χ1) is 14.0. The lowest BCUT2D eigenvalue weighted by Gasteiger charge is -2.33. The van der Waals surface area contributed by atoms with Gasteiger partial charge in [0.2, 0.25) is 0 Å². The number of carbonyl (C=O) groups is 1. The zero-order chi connectivity index (χ0) is 20.8. The SMILES string of the molecule is C=CCc1cc(C(=O)N[C@@H](C)c2ccc(N3CCC[C@H](C)C3)cc2)ccc1OC. The number of nitrogens with one attached hydrogen (secondary N) is 1. The van der Waals surface area contributed by atoms with Gasteiger partial charge in [-0.25, -0.2) is 0 Å².